The Morgan fingerprint density at radius 3 is 2.54 bits per heavy atom. The third-order valence-corrected chi connectivity index (χ3v) is 6.78. The lowest BCUT2D eigenvalue weighted by atomic mass is 9.70. The molecule has 144 valence electrons. The van der Waals surface area contributed by atoms with Crippen LogP contribution in [0.5, 0.6) is 5.75 Å². The van der Waals surface area contributed by atoms with Crippen molar-refractivity contribution in [3.05, 3.63) is 28.5 Å². The molecule has 0 spiro atoms. The Bertz CT molecular complexity index is 865. The summed E-state index contributed by atoms with van der Waals surface area (Å²) in [5.41, 5.74) is -0.481. The van der Waals surface area contributed by atoms with Gasteiger partial charge in [0.2, 0.25) is 10.0 Å². The first-order chi connectivity index (χ1) is 11.8. The molecule has 5 nitrogen and oxygen atoms in total. The van der Waals surface area contributed by atoms with Crippen LogP contribution in [0.1, 0.15) is 50.4 Å². The van der Waals surface area contributed by atoms with Gasteiger partial charge in [-0.2, -0.15) is 0 Å². The van der Waals surface area contributed by atoms with E-state index in [9.17, 15) is 17.6 Å². The van der Waals surface area contributed by atoms with Crippen molar-refractivity contribution in [2.45, 2.75) is 46.1 Å². The fraction of sp³-hybridized carbons (Fsp3) is 0.611. The lowest BCUT2D eigenvalue weighted by Crippen LogP contribution is -2.44. The van der Waals surface area contributed by atoms with E-state index in [1.807, 2.05) is 0 Å². The van der Waals surface area contributed by atoms with Gasteiger partial charge >= 0.3 is 0 Å². The Labute approximate surface area is 158 Å². The van der Waals surface area contributed by atoms with Gasteiger partial charge in [-0.25, -0.2) is 17.5 Å². The topological polar surface area (TPSA) is 72.5 Å². The molecule has 0 aliphatic heterocycles. The Hall–Kier alpha value is -1.34. The summed E-state index contributed by atoms with van der Waals surface area (Å²) in [5.74, 6) is -1.21. The van der Waals surface area contributed by atoms with Gasteiger partial charge < -0.3 is 4.74 Å². The highest BCUT2D eigenvalue weighted by Crippen LogP contribution is 2.63. The monoisotopic (exact) mass is 403 g/mol. The molecular weight excluding hydrogens is 381 g/mol. The van der Waals surface area contributed by atoms with Gasteiger partial charge in [0.15, 0.2) is 0 Å². The van der Waals surface area contributed by atoms with Crippen LogP contribution in [-0.2, 0) is 10.0 Å². The predicted octanol–water partition coefficient (Wildman–Crippen LogP) is 3.76. The average Bonchev–Trinajstić information content (AvgIpc) is 2.95. The zero-order valence-corrected chi connectivity index (χ0v) is 16.8. The van der Waals surface area contributed by atoms with Gasteiger partial charge in [0.1, 0.15) is 17.7 Å². The van der Waals surface area contributed by atoms with Crippen LogP contribution in [0, 0.1) is 22.6 Å². The first-order valence-electron chi connectivity index (χ1n) is 8.51. The summed E-state index contributed by atoms with van der Waals surface area (Å²) in [5, 5.41) is 0.0761. The number of hydrogen-bond donors (Lipinski definition) is 1. The Balaban J connectivity index is 1.89. The van der Waals surface area contributed by atoms with E-state index in [-0.39, 0.29) is 27.7 Å². The zero-order valence-electron chi connectivity index (χ0n) is 15.2. The number of halogens is 2. The number of amides is 1. The van der Waals surface area contributed by atoms with E-state index in [1.165, 1.54) is 0 Å². The summed E-state index contributed by atoms with van der Waals surface area (Å²) in [7, 11) is -3.80. The van der Waals surface area contributed by atoms with Crippen LogP contribution in [0.3, 0.4) is 0 Å². The number of carbonyl (C=O) groups is 1. The molecule has 2 aliphatic carbocycles. The highest BCUT2D eigenvalue weighted by atomic mass is 35.5. The summed E-state index contributed by atoms with van der Waals surface area (Å²) in [6, 6.07) is 2.17. The number of ether oxygens (including phenoxy) is 1. The maximum absolute atomic E-state index is 14.4. The van der Waals surface area contributed by atoms with Crippen molar-refractivity contribution >= 4 is 27.5 Å². The molecule has 26 heavy (non-hydrogen) atoms. The Morgan fingerprint density at radius 1 is 1.35 bits per heavy atom. The molecule has 0 heterocycles. The number of benzene rings is 1. The van der Waals surface area contributed by atoms with Crippen LogP contribution in [0.25, 0.3) is 0 Å². The molecule has 3 atom stereocenters. The lowest BCUT2D eigenvalue weighted by molar-refractivity contribution is -0.0144. The molecule has 0 radical (unpaired) electrons. The molecule has 0 saturated heterocycles. The summed E-state index contributed by atoms with van der Waals surface area (Å²) in [6.45, 7) is 6.50. The third-order valence-electron chi connectivity index (χ3n) is 5.93. The molecule has 2 fully saturated rings. The fourth-order valence-corrected chi connectivity index (χ4v) is 5.35. The fourth-order valence-electron chi connectivity index (χ4n) is 4.69. The molecule has 1 aromatic carbocycles. The molecular formula is C18H23ClFNO4S. The normalized spacial score (nSPS) is 29.6. The number of carbonyl (C=O) groups excluding carboxylic acids is 1. The van der Waals surface area contributed by atoms with Gasteiger partial charge in [-0.15, -0.1) is 0 Å². The minimum Gasteiger partial charge on any atom is -0.488 e. The highest BCUT2D eigenvalue weighted by Gasteiger charge is 2.61. The second-order valence-electron chi connectivity index (χ2n) is 8.38. The van der Waals surface area contributed by atoms with Gasteiger partial charge in [0, 0.05) is 16.9 Å². The molecule has 0 aromatic heterocycles. The van der Waals surface area contributed by atoms with Crippen molar-refractivity contribution < 1.29 is 22.3 Å². The lowest BCUT2D eigenvalue weighted by Gasteiger charge is -2.42. The minimum absolute atomic E-state index is 0.0142. The predicted molar refractivity (Wildman–Crippen MR) is 97.4 cm³/mol. The van der Waals surface area contributed by atoms with Crippen LogP contribution >= 0.6 is 11.6 Å². The first-order valence-corrected chi connectivity index (χ1v) is 10.8. The molecule has 8 heteroatoms. The quantitative estimate of drug-likeness (QED) is 0.830. The molecule has 1 aromatic rings. The first kappa shape index (κ1) is 19.4. The molecule has 2 bridgehead atoms. The van der Waals surface area contributed by atoms with E-state index in [2.05, 4.69) is 20.8 Å². The second kappa shape index (κ2) is 6.09. The number of sulfonamides is 1. The van der Waals surface area contributed by atoms with E-state index in [0.29, 0.717) is 5.92 Å². The van der Waals surface area contributed by atoms with Crippen LogP contribution < -0.4 is 9.46 Å². The molecule has 2 saturated carbocycles. The van der Waals surface area contributed by atoms with Crippen molar-refractivity contribution in [3.8, 4) is 5.75 Å². The molecule has 1 N–H and O–H groups in total. The van der Waals surface area contributed by atoms with E-state index in [1.54, 1.807) is 4.72 Å². The molecule has 0 unspecified atom stereocenters. The largest absolute Gasteiger partial charge is 0.488 e. The SMILES string of the molecule is CC1(C)[C@H]2CC[C@](C)(C2)[C@H]1Oc1cc(F)c(C(=O)NS(C)(=O)=O)cc1Cl. The number of rotatable bonds is 4. The van der Waals surface area contributed by atoms with E-state index in [0.717, 1.165) is 37.7 Å². The standard InChI is InChI=1S/C18H23ClFNO4S/c1-17(2)10-5-6-18(3,9-10)16(17)25-14-8-13(20)11(7-12(14)19)15(22)21-26(4,23)24/h7-8,10,16H,5-6,9H2,1-4H3,(H,21,22)/t10-,16-,18+/m0/s1. The molecule has 1 amide bonds. The van der Waals surface area contributed by atoms with E-state index < -0.39 is 27.3 Å². The zero-order chi connectivity index (χ0) is 19.5. The smallest absolute Gasteiger partial charge is 0.267 e. The summed E-state index contributed by atoms with van der Waals surface area (Å²) >= 11 is 6.21. The van der Waals surface area contributed by atoms with Gasteiger partial charge in [-0.3, -0.25) is 4.79 Å². The van der Waals surface area contributed by atoms with Gasteiger partial charge in [-0.05, 0) is 31.2 Å². The van der Waals surface area contributed by atoms with Crippen LogP contribution in [0.4, 0.5) is 4.39 Å². The van der Waals surface area contributed by atoms with Crippen molar-refractivity contribution in [1.29, 1.82) is 0 Å². The minimum atomic E-state index is -3.80. The van der Waals surface area contributed by atoms with E-state index >= 15 is 0 Å². The highest BCUT2D eigenvalue weighted by molar-refractivity contribution is 7.89. The van der Waals surface area contributed by atoms with Crippen LogP contribution in [0.2, 0.25) is 5.02 Å². The Kier molecular flexibility index (Phi) is 4.55. The molecule has 3 rings (SSSR count). The number of fused-ring (bicyclic) bond motifs is 2. The van der Waals surface area contributed by atoms with Gasteiger partial charge in [0.25, 0.3) is 5.91 Å². The van der Waals surface area contributed by atoms with E-state index in [4.69, 9.17) is 16.3 Å². The van der Waals surface area contributed by atoms with Crippen LogP contribution in [-0.4, -0.2) is 26.7 Å². The van der Waals surface area contributed by atoms with Crippen LogP contribution in [0.15, 0.2) is 12.1 Å². The second-order valence-corrected chi connectivity index (χ2v) is 10.5. The number of nitrogens with one attached hydrogen (secondary N) is 1. The number of hydrogen-bond acceptors (Lipinski definition) is 4. The molecule has 2 aliphatic rings. The summed E-state index contributed by atoms with van der Waals surface area (Å²) in [6.07, 6.45) is 4.00. The van der Waals surface area contributed by atoms with Gasteiger partial charge in [0.05, 0.1) is 16.8 Å². The van der Waals surface area contributed by atoms with Crippen molar-refractivity contribution in [1.82, 2.24) is 4.72 Å². The Morgan fingerprint density at radius 2 is 2.00 bits per heavy atom. The van der Waals surface area contributed by atoms with Gasteiger partial charge in [-0.1, -0.05) is 32.4 Å². The maximum Gasteiger partial charge on any atom is 0.267 e. The summed E-state index contributed by atoms with van der Waals surface area (Å²) < 4.78 is 44.6. The summed E-state index contributed by atoms with van der Waals surface area (Å²) in [4.78, 5) is 11.9. The maximum atomic E-state index is 14.4. The third kappa shape index (κ3) is 3.31. The van der Waals surface area contributed by atoms with Crippen molar-refractivity contribution in [3.63, 3.8) is 0 Å². The average molecular weight is 404 g/mol. The van der Waals surface area contributed by atoms with Crippen molar-refractivity contribution in [2.24, 2.45) is 16.7 Å². The van der Waals surface area contributed by atoms with Crippen molar-refractivity contribution in [2.75, 3.05) is 6.26 Å².